The molecule has 1 N–H and O–H groups in total. The standard InChI is InChI=1S/C26H24N2O4/c1-3-31-24-17-21(18-27-28-26(30)22-13-9-19(2)10-14-22)11-15-23(24)32-25(29)16-12-20-7-5-4-6-8-20/h4-18H,3H2,1-2H3,(H,28,30)/b16-12+,27-18+. The van der Waals surface area contributed by atoms with Gasteiger partial charge in [-0.05, 0) is 61.4 Å². The predicted octanol–water partition coefficient (Wildman–Crippen LogP) is 4.78. The summed E-state index contributed by atoms with van der Waals surface area (Å²) >= 11 is 0. The molecule has 6 nitrogen and oxygen atoms in total. The van der Waals surface area contributed by atoms with Gasteiger partial charge < -0.3 is 9.47 Å². The van der Waals surface area contributed by atoms with E-state index < -0.39 is 5.97 Å². The predicted molar refractivity (Wildman–Crippen MR) is 125 cm³/mol. The molecule has 3 rings (SSSR count). The summed E-state index contributed by atoms with van der Waals surface area (Å²) in [6.07, 6.45) is 4.54. The monoisotopic (exact) mass is 428 g/mol. The first-order valence-electron chi connectivity index (χ1n) is 10.2. The van der Waals surface area contributed by atoms with Crippen molar-refractivity contribution in [2.75, 3.05) is 6.61 Å². The number of hydrogen-bond acceptors (Lipinski definition) is 5. The number of nitrogens with zero attached hydrogens (tertiary/aromatic N) is 1. The Hall–Kier alpha value is -4.19. The van der Waals surface area contributed by atoms with Crippen molar-refractivity contribution in [3.05, 3.63) is 101 Å². The topological polar surface area (TPSA) is 77.0 Å². The summed E-state index contributed by atoms with van der Waals surface area (Å²) in [5.74, 6) is -0.109. The van der Waals surface area contributed by atoms with Crippen LogP contribution in [0.4, 0.5) is 0 Å². The third-order valence-corrected chi connectivity index (χ3v) is 4.38. The van der Waals surface area contributed by atoms with E-state index in [4.69, 9.17) is 9.47 Å². The number of nitrogens with one attached hydrogen (secondary N) is 1. The quantitative estimate of drug-likeness (QED) is 0.184. The van der Waals surface area contributed by atoms with Gasteiger partial charge in [0.2, 0.25) is 0 Å². The second-order valence-electron chi connectivity index (χ2n) is 6.87. The molecular formula is C26H24N2O4. The average molecular weight is 428 g/mol. The van der Waals surface area contributed by atoms with Crippen LogP contribution < -0.4 is 14.9 Å². The summed E-state index contributed by atoms with van der Waals surface area (Å²) in [6, 6.07) is 21.7. The molecular weight excluding hydrogens is 404 g/mol. The Bertz CT molecular complexity index is 1120. The van der Waals surface area contributed by atoms with Gasteiger partial charge in [0.1, 0.15) is 0 Å². The van der Waals surface area contributed by atoms with Gasteiger partial charge in [-0.1, -0.05) is 48.0 Å². The van der Waals surface area contributed by atoms with E-state index in [0.29, 0.717) is 29.2 Å². The van der Waals surface area contributed by atoms with Crippen molar-refractivity contribution in [3.8, 4) is 11.5 Å². The van der Waals surface area contributed by atoms with Gasteiger partial charge in [0.25, 0.3) is 5.91 Å². The minimum Gasteiger partial charge on any atom is -0.490 e. The Balaban J connectivity index is 1.65. The van der Waals surface area contributed by atoms with E-state index in [1.165, 1.54) is 12.3 Å². The maximum Gasteiger partial charge on any atom is 0.336 e. The summed E-state index contributed by atoms with van der Waals surface area (Å²) in [6.45, 7) is 4.19. The number of benzene rings is 3. The second-order valence-corrected chi connectivity index (χ2v) is 6.87. The Morgan fingerprint density at radius 1 is 0.938 bits per heavy atom. The third kappa shape index (κ3) is 6.67. The molecule has 0 fully saturated rings. The molecule has 0 saturated heterocycles. The van der Waals surface area contributed by atoms with Crippen LogP contribution >= 0.6 is 0 Å². The number of esters is 1. The van der Waals surface area contributed by atoms with Crippen LogP contribution in [0.1, 0.15) is 34.0 Å². The molecule has 0 spiro atoms. The lowest BCUT2D eigenvalue weighted by Crippen LogP contribution is -2.17. The van der Waals surface area contributed by atoms with E-state index in [-0.39, 0.29) is 5.91 Å². The number of carbonyl (C=O) groups excluding carboxylic acids is 2. The van der Waals surface area contributed by atoms with Crippen molar-refractivity contribution >= 4 is 24.2 Å². The first-order valence-corrected chi connectivity index (χ1v) is 10.2. The Labute approximate surface area is 187 Å². The molecule has 0 aliphatic rings. The van der Waals surface area contributed by atoms with E-state index in [1.807, 2.05) is 56.3 Å². The van der Waals surface area contributed by atoms with Crippen LogP contribution in [0.25, 0.3) is 6.08 Å². The number of ether oxygens (including phenoxy) is 2. The summed E-state index contributed by atoms with van der Waals surface area (Å²) in [5.41, 5.74) is 5.66. The van der Waals surface area contributed by atoms with Gasteiger partial charge >= 0.3 is 5.97 Å². The van der Waals surface area contributed by atoms with E-state index in [9.17, 15) is 9.59 Å². The van der Waals surface area contributed by atoms with E-state index in [0.717, 1.165) is 11.1 Å². The molecule has 0 radical (unpaired) electrons. The van der Waals surface area contributed by atoms with Crippen molar-refractivity contribution in [3.63, 3.8) is 0 Å². The van der Waals surface area contributed by atoms with Gasteiger partial charge in [-0.15, -0.1) is 0 Å². The van der Waals surface area contributed by atoms with Gasteiger partial charge in [-0.25, -0.2) is 10.2 Å². The van der Waals surface area contributed by atoms with E-state index >= 15 is 0 Å². The van der Waals surface area contributed by atoms with Crippen molar-refractivity contribution in [1.82, 2.24) is 5.43 Å². The molecule has 0 bridgehead atoms. The second kappa shape index (κ2) is 11.3. The molecule has 0 heterocycles. The summed E-state index contributed by atoms with van der Waals surface area (Å²) < 4.78 is 11.0. The van der Waals surface area contributed by atoms with Crippen LogP contribution in [0.2, 0.25) is 0 Å². The average Bonchev–Trinajstić information content (AvgIpc) is 2.80. The van der Waals surface area contributed by atoms with Crippen LogP contribution in [-0.4, -0.2) is 24.7 Å². The maximum absolute atomic E-state index is 12.2. The fourth-order valence-electron chi connectivity index (χ4n) is 2.76. The molecule has 3 aromatic rings. The van der Waals surface area contributed by atoms with Gasteiger partial charge in [0.15, 0.2) is 11.5 Å². The summed E-state index contributed by atoms with van der Waals surface area (Å²) in [5, 5.41) is 4.00. The van der Waals surface area contributed by atoms with Gasteiger partial charge in [0.05, 0.1) is 12.8 Å². The molecule has 1 amide bonds. The highest BCUT2D eigenvalue weighted by Gasteiger charge is 2.10. The van der Waals surface area contributed by atoms with Gasteiger partial charge in [-0.3, -0.25) is 4.79 Å². The van der Waals surface area contributed by atoms with Crippen LogP contribution in [0.5, 0.6) is 11.5 Å². The molecule has 0 atom stereocenters. The molecule has 0 aromatic heterocycles. The lowest BCUT2D eigenvalue weighted by atomic mass is 10.1. The zero-order chi connectivity index (χ0) is 22.8. The van der Waals surface area contributed by atoms with E-state index in [1.54, 1.807) is 36.4 Å². The minimum absolute atomic E-state index is 0.301. The molecule has 32 heavy (non-hydrogen) atoms. The SMILES string of the molecule is CCOc1cc(/C=N/NC(=O)c2ccc(C)cc2)ccc1OC(=O)/C=C/c1ccccc1. The highest BCUT2D eigenvalue weighted by molar-refractivity contribution is 5.95. The van der Waals surface area contributed by atoms with Crippen molar-refractivity contribution in [2.45, 2.75) is 13.8 Å². The number of hydrogen-bond donors (Lipinski definition) is 1. The molecule has 6 heteroatoms. The largest absolute Gasteiger partial charge is 0.490 e. The third-order valence-electron chi connectivity index (χ3n) is 4.38. The Morgan fingerprint density at radius 3 is 2.41 bits per heavy atom. The molecule has 0 saturated carbocycles. The van der Waals surface area contributed by atoms with Crippen molar-refractivity contribution < 1.29 is 19.1 Å². The fraction of sp³-hybridized carbons (Fsp3) is 0.115. The van der Waals surface area contributed by atoms with Gasteiger partial charge in [-0.2, -0.15) is 5.10 Å². The number of aryl methyl sites for hydroxylation is 1. The normalized spacial score (nSPS) is 10.9. The maximum atomic E-state index is 12.2. The van der Waals surface area contributed by atoms with Gasteiger partial charge in [0, 0.05) is 11.6 Å². The number of carbonyl (C=O) groups is 2. The Morgan fingerprint density at radius 2 is 1.69 bits per heavy atom. The highest BCUT2D eigenvalue weighted by atomic mass is 16.6. The first-order chi connectivity index (χ1) is 15.5. The molecule has 3 aromatic carbocycles. The number of rotatable bonds is 8. The van der Waals surface area contributed by atoms with Crippen LogP contribution in [0.15, 0.2) is 84.0 Å². The molecule has 162 valence electrons. The fourth-order valence-corrected chi connectivity index (χ4v) is 2.76. The van der Waals surface area contributed by atoms with Crippen LogP contribution in [0, 0.1) is 6.92 Å². The first kappa shape index (κ1) is 22.5. The van der Waals surface area contributed by atoms with Crippen LogP contribution in [-0.2, 0) is 4.79 Å². The number of amides is 1. The van der Waals surface area contributed by atoms with Crippen molar-refractivity contribution in [2.24, 2.45) is 5.10 Å². The van der Waals surface area contributed by atoms with E-state index in [2.05, 4.69) is 10.5 Å². The smallest absolute Gasteiger partial charge is 0.336 e. The molecule has 0 aliphatic carbocycles. The molecule has 0 aliphatic heterocycles. The Kier molecular flexibility index (Phi) is 7.92. The van der Waals surface area contributed by atoms with Crippen LogP contribution in [0.3, 0.4) is 0 Å². The van der Waals surface area contributed by atoms with Crippen molar-refractivity contribution in [1.29, 1.82) is 0 Å². The summed E-state index contributed by atoms with van der Waals surface area (Å²) in [7, 11) is 0. The highest BCUT2D eigenvalue weighted by Crippen LogP contribution is 2.28. The number of hydrazone groups is 1. The zero-order valence-corrected chi connectivity index (χ0v) is 17.9. The summed E-state index contributed by atoms with van der Waals surface area (Å²) in [4.78, 5) is 24.3. The lowest BCUT2D eigenvalue weighted by molar-refractivity contribution is -0.129. The lowest BCUT2D eigenvalue weighted by Gasteiger charge is -2.10. The minimum atomic E-state index is -0.512. The zero-order valence-electron chi connectivity index (χ0n) is 17.9. The molecule has 0 unspecified atom stereocenters.